The summed E-state index contributed by atoms with van der Waals surface area (Å²) in [6.45, 7) is 14.0. The molecule has 8 heterocycles. The number of ether oxygens (including phenoxy) is 18. The van der Waals surface area contributed by atoms with Crippen LogP contribution in [0.5, 0.6) is 17.2 Å². The maximum Gasteiger partial charge on any atom is 0.303 e. The fourth-order valence-electron chi connectivity index (χ4n) is 14.1. The van der Waals surface area contributed by atoms with Crippen molar-refractivity contribution in [2.24, 2.45) is 0 Å². The molecule has 15 atom stereocenters. The third kappa shape index (κ3) is 21.4. The number of nitrogens with one attached hydrogen (secondary N) is 2. The van der Waals surface area contributed by atoms with Crippen molar-refractivity contribution < 1.29 is 143 Å². The summed E-state index contributed by atoms with van der Waals surface area (Å²) >= 11 is 0. The molecule has 0 radical (unpaired) electrons. The fraction of sp³-hybridized carbons (Fsp3) is 0.405. The topological polar surface area (TPSA) is 428 Å². The molecule has 34 heteroatoms. The Kier molecular flexibility index (Phi) is 27.9. The lowest BCUT2D eigenvalue weighted by Gasteiger charge is -2.43. The highest BCUT2D eigenvalue weighted by atomic mass is 16.8. The Morgan fingerprint density at radius 3 is 0.822 bits per heavy atom. The molecule has 0 amide bonds. The van der Waals surface area contributed by atoms with Crippen LogP contribution >= 0.6 is 0 Å². The van der Waals surface area contributed by atoms with Crippen LogP contribution in [0.15, 0.2) is 97.1 Å². The Hall–Kier alpha value is -12.8. The number of rotatable bonds is 27. The smallest absolute Gasteiger partial charge is 0.303 e. The molecule has 11 rings (SSSR count). The van der Waals surface area contributed by atoms with E-state index in [-0.39, 0.29) is 17.2 Å². The van der Waals surface area contributed by atoms with E-state index in [1.807, 2.05) is 48.6 Å². The third-order valence-electron chi connectivity index (χ3n) is 18.7. The van der Waals surface area contributed by atoms with E-state index in [1.165, 1.54) is 0 Å². The largest absolute Gasteiger partial charge is 0.463 e. The van der Waals surface area contributed by atoms with Crippen molar-refractivity contribution >= 4 is 118 Å². The zero-order valence-electron chi connectivity index (χ0n) is 66.6. The van der Waals surface area contributed by atoms with Gasteiger partial charge in [-0.3, -0.25) is 57.5 Å². The number of esters is 12. The molecule has 118 heavy (non-hydrogen) atoms. The number of aryl methyl sites for hydroxylation is 1. The van der Waals surface area contributed by atoms with E-state index in [0.29, 0.717) is 79.1 Å². The van der Waals surface area contributed by atoms with Crippen molar-refractivity contribution in [2.45, 2.75) is 201 Å². The van der Waals surface area contributed by atoms with Gasteiger partial charge in [-0.05, 0) is 114 Å². The number of fused-ring (bicyclic) bond motifs is 8. The maximum atomic E-state index is 12.9. The van der Waals surface area contributed by atoms with Crippen molar-refractivity contribution in [3.63, 3.8) is 0 Å². The molecule has 3 saturated heterocycles. The second kappa shape index (κ2) is 38.3. The number of aromatic amines is 2. The van der Waals surface area contributed by atoms with E-state index in [1.54, 1.807) is 72.8 Å². The minimum atomic E-state index is -1.59. The van der Waals surface area contributed by atoms with Gasteiger partial charge < -0.3 is 95.2 Å². The van der Waals surface area contributed by atoms with Gasteiger partial charge in [0, 0.05) is 127 Å². The Morgan fingerprint density at radius 1 is 0.305 bits per heavy atom. The molecule has 3 fully saturated rings. The van der Waals surface area contributed by atoms with Gasteiger partial charge in [0.05, 0.1) is 22.8 Å². The molecule has 0 unspecified atom stereocenters. The SMILES string of the molecule is CCCCc1c2nc(c(-c3ccc(O[C@@H]4O[C@H](COC(C)=O)[C@@H](OC(C)=O)[C@H](OC(C)=O)[C@H]4OC(C)=O)cc3)c3ccc([nH]3)c(-c3ccc(O[C@@H]4O[C@H](COC(C)=O)[C@@H](OC(C)=O)[C@H](OC(C)=O)[C@H]4OC(C)=O)cc3)c3nc(c(-c4ccc(O[C@@H]5O[C@H](COC(C)=O)[C@@H](OC(C)=O)[C@H](OC(C)=O)[C@H]5OC(C)=O)cc4)c4ccc1[nH]4)C=C3)C=C2. The number of benzene rings is 3. The van der Waals surface area contributed by atoms with E-state index in [0.717, 1.165) is 107 Å². The third-order valence-corrected chi connectivity index (χ3v) is 18.7. The predicted molar refractivity (Wildman–Crippen MR) is 412 cm³/mol. The fourth-order valence-corrected chi connectivity index (χ4v) is 14.1. The van der Waals surface area contributed by atoms with Crippen LogP contribution in [-0.4, -0.2) is 204 Å². The van der Waals surface area contributed by atoms with Gasteiger partial charge in [-0.15, -0.1) is 0 Å². The van der Waals surface area contributed by atoms with Crippen LogP contribution in [0.25, 0.3) is 79.8 Å². The van der Waals surface area contributed by atoms with Crippen LogP contribution in [0.3, 0.4) is 0 Å². The molecule has 5 aliphatic heterocycles. The number of hydrogen-bond donors (Lipinski definition) is 2. The number of hydrogen-bond acceptors (Lipinski definition) is 32. The van der Waals surface area contributed by atoms with E-state index in [9.17, 15) is 57.5 Å². The minimum Gasteiger partial charge on any atom is -0.463 e. The Bertz CT molecular complexity index is 4910. The summed E-state index contributed by atoms with van der Waals surface area (Å²) in [6.07, 6.45) is -12.5. The van der Waals surface area contributed by atoms with Gasteiger partial charge >= 0.3 is 71.6 Å². The Morgan fingerprint density at radius 2 is 0.551 bits per heavy atom. The lowest BCUT2D eigenvalue weighted by molar-refractivity contribution is -0.288. The number of carbonyl (C=O) groups excluding carboxylic acids is 12. The van der Waals surface area contributed by atoms with E-state index >= 15 is 0 Å². The van der Waals surface area contributed by atoms with Gasteiger partial charge in [0.15, 0.2) is 36.6 Å². The van der Waals surface area contributed by atoms with Crippen molar-refractivity contribution in [1.29, 1.82) is 0 Å². The molecule has 5 aliphatic rings. The van der Waals surface area contributed by atoms with Gasteiger partial charge in [0.25, 0.3) is 0 Å². The monoisotopic (exact) mass is 1630 g/mol. The predicted octanol–water partition coefficient (Wildman–Crippen LogP) is 9.38. The Balaban J connectivity index is 1.07. The number of carbonyl (C=O) groups is 12. The van der Waals surface area contributed by atoms with Crippen LogP contribution in [0.4, 0.5) is 0 Å². The average Bonchev–Trinajstić information content (AvgIpc) is 1.43. The first-order valence-corrected chi connectivity index (χ1v) is 37.7. The van der Waals surface area contributed by atoms with Crippen LogP contribution in [0.1, 0.15) is 131 Å². The number of H-pyrrole nitrogens is 2. The van der Waals surface area contributed by atoms with Crippen LogP contribution < -0.4 is 14.2 Å². The maximum absolute atomic E-state index is 12.9. The molecule has 3 aromatic carbocycles. The summed E-state index contributed by atoms with van der Waals surface area (Å²) in [5, 5.41) is 0. The summed E-state index contributed by atoms with van der Waals surface area (Å²) in [5.41, 5.74) is 8.70. The lowest BCUT2D eigenvalue weighted by Crippen LogP contribution is -2.63. The van der Waals surface area contributed by atoms with Gasteiger partial charge in [-0.2, -0.15) is 0 Å². The van der Waals surface area contributed by atoms with Gasteiger partial charge in [0.2, 0.25) is 37.2 Å². The first kappa shape index (κ1) is 86.0. The second-order valence-electron chi connectivity index (χ2n) is 27.8. The van der Waals surface area contributed by atoms with Crippen molar-refractivity contribution in [2.75, 3.05) is 19.8 Å². The highest BCUT2D eigenvalue weighted by Gasteiger charge is 2.57. The summed E-state index contributed by atoms with van der Waals surface area (Å²) in [6, 6.07) is 27.8. The summed E-state index contributed by atoms with van der Waals surface area (Å²) in [7, 11) is 0. The van der Waals surface area contributed by atoms with E-state index in [4.69, 9.17) is 95.2 Å². The van der Waals surface area contributed by atoms with Crippen molar-refractivity contribution in [3.05, 3.63) is 125 Å². The summed E-state index contributed by atoms with van der Waals surface area (Å²) < 4.78 is 105. The molecule has 8 bridgehead atoms. The molecular weight excluding hydrogens is 1540 g/mol. The number of unbranched alkanes of at least 4 members (excludes halogenated alkanes) is 1. The quantitative estimate of drug-likeness (QED) is 0.0357. The molecule has 0 aliphatic carbocycles. The molecule has 34 nitrogen and oxygen atoms in total. The molecule has 3 aromatic heterocycles. The zero-order chi connectivity index (χ0) is 84.9. The van der Waals surface area contributed by atoms with Crippen molar-refractivity contribution in [3.8, 4) is 50.6 Å². The highest BCUT2D eigenvalue weighted by molar-refractivity contribution is 5.98. The summed E-state index contributed by atoms with van der Waals surface area (Å²) in [4.78, 5) is 169. The molecule has 0 spiro atoms. The first-order valence-electron chi connectivity index (χ1n) is 37.7. The average molecular weight is 1630 g/mol. The van der Waals surface area contributed by atoms with Gasteiger partial charge in [-0.25, -0.2) is 9.97 Å². The summed E-state index contributed by atoms with van der Waals surface area (Å²) in [5.74, 6) is -9.15. The number of nitrogens with zero attached hydrogens (tertiary/aromatic N) is 2. The molecular formula is C84H88N4O30. The Labute approximate surface area is 675 Å². The van der Waals surface area contributed by atoms with Crippen LogP contribution in [-0.2, 0) is 135 Å². The second-order valence-corrected chi connectivity index (χ2v) is 27.8. The standard InChI is InChI=1S/C84H88N4O30/c1-14-15-16-58-59-29-31-61(85-59)70(52-17-23-55(24-18-52)113-82-79(110-49(11)98)76(107-46(8)95)73(104-43(5)92)67(116-82)37-101-40(2)89)63-33-35-65(87-63)72(54-21-27-57(28-22-54)115-84-81(112-51(13)100)78(109-48(10)97)75(106-45(7)94)69(118-84)39-103-42(4)91)66-36-34-64(88-66)71(62-32-30-60(58)86-62)53-19-25-56(26-20-53)114-83-80(111-50(12)99)77(108-47(9)96)74(105-44(6)93)68(117-83)38-102-41(3)90/h17-36,67-69,73-85,88H,14-16,37-39H2,1-13H3/t67-,68-,69-,73-,74-,75-,76+,77+,78+,79-,80-,81-,82-,83-,84-/m1/s1. The molecule has 624 valence electrons. The van der Waals surface area contributed by atoms with Crippen molar-refractivity contribution in [1.82, 2.24) is 19.9 Å². The van der Waals surface area contributed by atoms with E-state index in [2.05, 4.69) is 16.9 Å². The normalized spacial score (nSPS) is 23.0. The molecule has 6 aromatic rings. The van der Waals surface area contributed by atoms with E-state index < -0.39 is 184 Å². The van der Waals surface area contributed by atoms with Gasteiger partial charge in [0.1, 0.15) is 55.4 Å². The minimum absolute atomic E-state index is 0.118. The van der Waals surface area contributed by atoms with Crippen LogP contribution in [0.2, 0.25) is 0 Å². The zero-order valence-corrected chi connectivity index (χ0v) is 66.6. The molecule has 2 N–H and O–H groups in total. The lowest BCUT2D eigenvalue weighted by atomic mass is 9.98. The number of aromatic nitrogens is 4. The van der Waals surface area contributed by atoms with Crippen LogP contribution in [0, 0.1) is 0 Å². The highest BCUT2D eigenvalue weighted by Crippen LogP contribution is 2.42. The first-order chi connectivity index (χ1) is 56.3. The van der Waals surface area contributed by atoms with Gasteiger partial charge in [-0.1, -0.05) is 49.7 Å². The molecule has 0 saturated carbocycles.